The Hall–Kier alpha value is -1.32. The zero-order valence-corrected chi connectivity index (χ0v) is 14.0. The van der Waals surface area contributed by atoms with Gasteiger partial charge in [0.1, 0.15) is 5.75 Å². The largest absolute Gasteiger partial charge is 0.494 e. The van der Waals surface area contributed by atoms with Crippen molar-refractivity contribution in [2.75, 3.05) is 13.2 Å². The van der Waals surface area contributed by atoms with Gasteiger partial charge < -0.3 is 10.5 Å². The lowest BCUT2D eigenvalue weighted by molar-refractivity contribution is 0.317. The maximum absolute atomic E-state index is 5.95. The smallest absolute Gasteiger partial charge is 0.119 e. The topological polar surface area (TPSA) is 35.2 Å². The molecule has 0 spiro atoms. The Kier molecular flexibility index (Phi) is 6.27. The molecule has 0 aliphatic heterocycles. The predicted molar refractivity (Wildman–Crippen MR) is 91.9 cm³/mol. The second kappa shape index (κ2) is 8.20. The quantitative estimate of drug-likeness (QED) is 0.798. The second-order valence-corrected chi connectivity index (χ2v) is 6.10. The molecule has 0 fully saturated rings. The van der Waals surface area contributed by atoms with Gasteiger partial charge in [-0.15, -0.1) is 0 Å². The fourth-order valence-electron chi connectivity index (χ4n) is 2.30. The molecule has 0 bridgehead atoms. The molecule has 0 aliphatic carbocycles. The number of ether oxygens (including phenoxy) is 1. The summed E-state index contributed by atoms with van der Waals surface area (Å²) in [5, 5.41) is 0. The van der Waals surface area contributed by atoms with E-state index in [4.69, 9.17) is 10.5 Å². The van der Waals surface area contributed by atoms with Gasteiger partial charge in [0.15, 0.2) is 0 Å². The van der Waals surface area contributed by atoms with Crippen molar-refractivity contribution in [2.45, 2.75) is 25.7 Å². The first-order valence-corrected chi connectivity index (χ1v) is 8.19. The van der Waals surface area contributed by atoms with E-state index in [1.54, 1.807) is 0 Å². The first-order valence-electron chi connectivity index (χ1n) is 7.40. The first kappa shape index (κ1) is 16.1. The highest BCUT2D eigenvalue weighted by Crippen LogP contribution is 2.23. The van der Waals surface area contributed by atoms with Crippen molar-refractivity contribution in [1.29, 1.82) is 0 Å². The lowest BCUT2D eigenvalue weighted by Crippen LogP contribution is -2.15. The summed E-state index contributed by atoms with van der Waals surface area (Å²) in [5.74, 6) is 1.29. The van der Waals surface area contributed by atoms with E-state index < -0.39 is 0 Å². The Labute approximate surface area is 135 Å². The molecule has 0 heterocycles. The Balaban J connectivity index is 2.02. The van der Waals surface area contributed by atoms with Crippen LogP contribution in [0.4, 0.5) is 0 Å². The van der Waals surface area contributed by atoms with Crippen LogP contribution < -0.4 is 10.5 Å². The van der Waals surface area contributed by atoms with Crippen LogP contribution in [-0.4, -0.2) is 13.2 Å². The minimum atomic E-state index is 0.348. The normalized spacial score (nSPS) is 12.1. The molecular weight excluding hydrogens is 326 g/mol. The number of halogens is 1. The highest BCUT2D eigenvalue weighted by Gasteiger charge is 2.10. The number of hydrogen-bond donors (Lipinski definition) is 1. The Morgan fingerprint density at radius 1 is 1.05 bits per heavy atom. The standard InChI is InChI=1S/C18H22BrNO/c1-2-11-21-18-9-3-14(4-10-18)12-16(13-20)15-5-7-17(19)8-6-15/h3-10,16H,2,11-13,20H2,1H3. The Morgan fingerprint density at radius 3 is 2.29 bits per heavy atom. The summed E-state index contributed by atoms with van der Waals surface area (Å²) in [6.07, 6.45) is 1.98. The lowest BCUT2D eigenvalue weighted by Gasteiger charge is -2.16. The summed E-state index contributed by atoms with van der Waals surface area (Å²) in [7, 11) is 0. The van der Waals surface area contributed by atoms with Crippen molar-refractivity contribution in [3.05, 3.63) is 64.1 Å². The third-order valence-corrected chi connectivity index (χ3v) is 4.03. The van der Waals surface area contributed by atoms with Crippen LogP contribution in [0.2, 0.25) is 0 Å². The van der Waals surface area contributed by atoms with Gasteiger partial charge in [-0.3, -0.25) is 0 Å². The molecule has 21 heavy (non-hydrogen) atoms. The van der Waals surface area contributed by atoms with E-state index in [2.05, 4.69) is 59.3 Å². The van der Waals surface area contributed by atoms with Crippen molar-refractivity contribution in [1.82, 2.24) is 0 Å². The Bertz CT molecular complexity index is 536. The molecule has 0 radical (unpaired) electrons. The van der Waals surface area contributed by atoms with E-state index in [1.165, 1.54) is 11.1 Å². The predicted octanol–water partition coefficient (Wildman–Crippen LogP) is 4.52. The zero-order chi connectivity index (χ0) is 15.1. The molecule has 2 aromatic carbocycles. The van der Waals surface area contributed by atoms with Crippen LogP contribution in [0, 0.1) is 0 Å². The van der Waals surface area contributed by atoms with Gasteiger partial charge in [-0.2, -0.15) is 0 Å². The van der Waals surface area contributed by atoms with Crippen LogP contribution in [0.15, 0.2) is 53.0 Å². The molecule has 112 valence electrons. The van der Waals surface area contributed by atoms with Crippen LogP contribution in [0.3, 0.4) is 0 Å². The average Bonchev–Trinajstić information content (AvgIpc) is 2.53. The number of nitrogens with two attached hydrogens (primary N) is 1. The van der Waals surface area contributed by atoms with Gasteiger partial charge in [0.05, 0.1) is 6.61 Å². The molecule has 2 N–H and O–H groups in total. The van der Waals surface area contributed by atoms with E-state index >= 15 is 0 Å². The van der Waals surface area contributed by atoms with Gasteiger partial charge in [-0.25, -0.2) is 0 Å². The van der Waals surface area contributed by atoms with E-state index in [-0.39, 0.29) is 0 Å². The maximum Gasteiger partial charge on any atom is 0.119 e. The highest BCUT2D eigenvalue weighted by atomic mass is 79.9. The van der Waals surface area contributed by atoms with Crippen molar-refractivity contribution in [3.63, 3.8) is 0 Å². The molecule has 0 amide bonds. The number of hydrogen-bond acceptors (Lipinski definition) is 2. The van der Waals surface area contributed by atoms with Crippen molar-refractivity contribution in [2.24, 2.45) is 5.73 Å². The van der Waals surface area contributed by atoms with Crippen LogP contribution in [0.5, 0.6) is 5.75 Å². The minimum absolute atomic E-state index is 0.348. The molecular formula is C18H22BrNO. The highest BCUT2D eigenvalue weighted by molar-refractivity contribution is 9.10. The fourth-order valence-corrected chi connectivity index (χ4v) is 2.56. The third-order valence-electron chi connectivity index (χ3n) is 3.50. The number of benzene rings is 2. The average molecular weight is 348 g/mol. The summed E-state index contributed by atoms with van der Waals surface area (Å²) < 4.78 is 6.71. The van der Waals surface area contributed by atoms with Crippen molar-refractivity contribution >= 4 is 15.9 Å². The molecule has 0 aromatic heterocycles. The van der Waals surface area contributed by atoms with Gasteiger partial charge in [0.25, 0.3) is 0 Å². The van der Waals surface area contributed by atoms with Gasteiger partial charge in [-0.1, -0.05) is 47.1 Å². The summed E-state index contributed by atoms with van der Waals surface area (Å²) >= 11 is 3.47. The number of rotatable bonds is 7. The van der Waals surface area contributed by atoms with E-state index in [1.807, 2.05) is 12.1 Å². The van der Waals surface area contributed by atoms with E-state index in [9.17, 15) is 0 Å². The molecule has 2 rings (SSSR count). The Morgan fingerprint density at radius 2 is 1.71 bits per heavy atom. The van der Waals surface area contributed by atoms with Crippen LogP contribution in [0.1, 0.15) is 30.4 Å². The summed E-state index contributed by atoms with van der Waals surface area (Å²) in [6.45, 7) is 3.53. The zero-order valence-electron chi connectivity index (χ0n) is 12.4. The van der Waals surface area contributed by atoms with Gasteiger partial charge in [-0.05, 0) is 54.8 Å². The van der Waals surface area contributed by atoms with Gasteiger partial charge >= 0.3 is 0 Å². The molecule has 1 unspecified atom stereocenters. The lowest BCUT2D eigenvalue weighted by atomic mass is 9.92. The van der Waals surface area contributed by atoms with E-state index in [0.717, 1.165) is 29.7 Å². The van der Waals surface area contributed by atoms with Gasteiger partial charge in [0, 0.05) is 10.4 Å². The second-order valence-electron chi connectivity index (χ2n) is 5.18. The van der Waals surface area contributed by atoms with Crippen molar-refractivity contribution in [3.8, 4) is 5.75 Å². The molecule has 1 atom stereocenters. The third kappa shape index (κ3) is 4.87. The summed E-state index contributed by atoms with van der Waals surface area (Å²) in [4.78, 5) is 0. The molecule has 2 aromatic rings. The fraction of sp³-hybridized carbons (Fsp3) is 0.333. The SMILES string of the molecule is CCCOc1ccc(CC(CN)c2ccc(Br)cc2)cc1. The van der Waals surface area contributed by atoms with Crippen LogP contribution in [-0.2, 0) is 6.42 Å². The van der Waals surface area contributed by atoms with Crippen LogP contribution >= 0.6 is 15.9 Å². The van der Waals surface area contributed by atoms with Crippen LogP contribution in [0.25, 0.3) is 0 Å². The molecule has 2 nitrogen and oxygen atoms in total. The molecule has 0 aliphatic rings. The maximum atomic E-state index is 5.95. The first-order chi connectivity index (χ1) is 10.2. The molecule has 3 heteroatoms. The van der Waals surface area contributed by atoms with E-state index in [0.29, 0.717) is 12.5 Å². The van der Waals surface area contributed by atoms with Gasteiger partial charge in [0.2, 0.25) is 0 Å². The van der Waals surface area contributed by atoms with Crippen molar-refractivity contribution < 1.29 is 4.74 Å². The minimum Gasteiger partial charge on any atom is -0.494 e. The monoisotopic (exact) mass is 347 g/mol. The molecule has 0 saturated carbocycles. The summed E-state index contributed by atoms with van der Waals surface area (Å²) in [6, 6.07) is 16.8. The summed E-state index contributed by atoms with van der Waals surface area (Å²) in [5.41, 5.74) is 8.52. The molecule has 0 saturated heterocycles.